The summed E-state index contributed by atoms with van der Waals surface area (Å²) >= 11 is 0. The molecule has 2 aromatic heterocycles. The quantitative estimate of drug-likeness (QED) is 0.758. The van der Waals surface area contributed by atoms with Crippen molar-refractivity contribution >= 4 is 5.78 Å². The normalized spacial score (nSPS) is 14.3. The molecule has 4 nitrogen and oxygen atoms in total. The number of aryl methyl sites for hydroxylation is 1. The summed E-state index contributed by atoms with van der Waals surface area (Å²) in [7, 11) is 0. The molecule has 0 spiro atoms. The molecule has 1 aliphatic rings. The van der Waals surface area contributed by atoms with Crippen molar-refractivity contribution in [2.24, 2.45) is 0 Å². The van der Waals surface area contributed by atoms with Crippen LogP contribution >= 0.6 is 0 Å². The zero-order valence-corrected chi connectivity index (χ0v) is 10.4. The van der Waals surface area contributed by atoms with Crippen LogP contribution in [0.3, 0.4) is 0 Å². The van der Waals surface area contributed by atoms with Gasteiger partial charge in [0.2, 0.25) is 0 Å². The number of imidazole rings is 1. The molecular weight excluding hydrogens is 226 g/mol. The Balaban J connectivity index is 1.99. The number of nitrogens with zero attached hydrogens (tertiary/aromatic N) is 3. The van der Waals surface area contributed by atoms with E-state index >= 15 is 0 Å². The van der Waals surface area contributed by atoms with E-state index in [1.54, 1.807) is 12.3 Å². The summed E-state index contributed by atoms with van der Waals surface area (Å²) in [6.45, 7) is 1.53. The maximum absolute atomic E-state index is 11.2. The molecule has 92 valence electrons. The van der Waals surface area contributed by atoms with Gasteiger partial charge in [-0.15, -0.1) is 0 Å². The van der Waals surface area contributed by atoms with E-state index in [0.717, 1.165) is 18.5 Å². The van der Waals surface area contributed by atoms with E-state index in [-0.39, 0.29) is 5.78 Å². The molecule has 0 atom stereocenters. The van der Waals surface area contributed by atoms with E-state index in [4.69, 9.17) is 0 Å². The molecule has 0 radical (unpaired) electrons. The number of hydrogen-bond acceptors (Lipinski definition) is 3. The standard InChI is InChI=1S/C14H15N3O/c1-10(18)12-7-6-11(8-15-12)17-9-16-13-4-2-3-5-14(13)17/h6-9H,2-5H2,1H3. The number of fused-ring (bicyclic) bond motifs is 1. The van der Waals surface area contributed by atoms with Crippen LogP contribution in [-0.4, -0.2) is 20.3 Å². The highest BCUT2D eigenvalue weighted by atomic mass is 16.1. The summed E-state index contributed by atoms with van der Waals surface area (Å²) < 4.78 is 2.09. The summed E-state index contributed by atoms with van der Waals surface area (Å²) in [5.74, 6) is -0.00536. The van der Waals surface area contributed by atoms with Crippen LogP contribution in [0, 0.1) is 0 Å². The van der Waals surface area contributed by atoms with E-state index in [9.17, 15) is 4.79 Å². The van der Waals surface area contributed by atoms with E-state index in [1.165, 1.54) is 31.2 Å². The van der Waals surface area contributed by atoms with Crippen molar-refractivity contribution < 1.29 is 4.79 Å². The van der Waals surface area contributed by atoms with Crippen LogP contribution in [0.1, 0.15) is 41.6 Å². The Morgan fingerprint density at radius 1 is 1.22 bits per heavy atom. The van der Waals surface area contributed by atoms with Crippen LogP contribution in [0.2, 0.25) is 0 Å². The third-order valence-electron chi connectivity index (χ3n) is 3.42. The molecule has 4 heteroatoms. The molecule has 18 heavy (non-hydrogen) atoms. The van der Waals surface area contributed by atoms with Gasteiger partial charge in [-0.05, 0) is 37.8 Å². The Labute approximate surface area is 106 Å². The lowest BCUT2D eigenvalue weighted by atomic mass is 10.0. The van der Waals surface area contributed by atoms with Crippen LogP contribution in [0.15, 0.2) is 24.7 Å². The second-order valence-corrected chi connectivity index (χ2v) is 4.67. The predicted molar refractivity (Wildman–Crippen MR) is 68.0 cm³/mol. The average molecular weight is 241 g/mol. The van der Waals surface area contributed by atoms with Crippen molar-refractivity contribution in [3.8, 4) is 5.69 Å². The molecule has 0 saturated carbocycles. The Morgan fingerprint density at radius 3 is 2.78 bits per heavy atom. The minimum Gasteiger partial charge on any atom is -0.301 e. The molecule has 0 aliphatic heterocycles. The van der Waals surface area contributed by atoms with Gasteiger partial charge in [0.15, 0.2) is 5.78 Å². The Bertz CT molecular complexity index is 584. The summed E-state index contributed by atoms with van der Waals surface area (Å²) in [6.07, 6.45) is 8.20. The second kappa shape index (κ2) is 4.37. The highest BCUT2D eigenvalue weighted by molar-refractivity contribution is 5.92. The fraction of sp³-hybridized carbons (Fsp3) is 0.357. The summed E-state index contributed by atoms with van der Waals surface area (Å²) in [5.41, 5.74) is 3.99. The van der Waals surface area contributed by atoms with E-state index in [0.29, 0.717) is 5.69 Å². The van der Waals surface area contributed by atoms with Crippen LogP contribution in [-0.2, 0) is 12.8 Å². The molecule has 2 aromatic rings. The fourth-order valence-electron chi connectivity index (χ4n) is 2.43. The van der Waals surface area contributed by atoms with Gasteiger partial charge in [-0.25, -0.2) is 4.98 Å². The highest BCUT2D eigenvalue weighted by Crippen LogP contribution is 2.22. The van der Waals surface area contributed by atoms with Gasteiger partial charge in [-0.1, -0.05) is 0 Å². The largest absolute Gasteiger partial charge is 0.301 e. The van der Waals surface area contributed by atoms with Gasteiger partial charge in [-0.3, -0.25) is 9.78 Å². The van der Waals surface area contributed by atoms with Gasteiger partial charge >= 0.3 is 0 Å². The lowest BCUT2D eigenvalue weighted by Crippen LogP contribution is -2.07. The number of ketones is 1. The first-order valence-electron chi connectivity index (χ1n) is 6.28. The van der Waals surface area contributed by atoms with Crippen molar-refractivity contribution in [3.63, 3.8) is 0 Å². The van der Waals surface area contributed by atoms with E-state index in [1.807, 2.05) is 12.4 Å². The first-order valence-corrected chi connectivity index (χ1v) is 6.28. The van der Waals surface area contributed by atoms with E-state index < -0.39 is 0 Å². The Hall–Kier alpha value is -1.97. The first-order chi connectivity index (χ1) is 8.75. The maximum atomic E-state index is 11.2. The van der Waals surface area contributed by atoms with Crippen molar-refractivity contribution in [1.82, 2.24) is 14.5 Å². The lowest BCUT2D eigenvalue weighted by molar-refractivity contribution is 0.101. The van der Waals surface area contributed by atoms with Crippen LogP contribution in [0.25, 0.3) is 5.69 Å². The zero-order valence-electron chi connectivity index (χ0n) is 10.4. The Morgan fingerprint density at radius 2 is 2.06 bits per heavy atom. The molecular formula is C14H15N3O. The highest BCUT2D eigenvalue weighted by Gasteiger charge is 2.16. The number of rotatable bonds is 2. The fourth-order valence-corrected chi connectivity index (χ4v) is 2.43. The molecule has 0 fully saturated rings. The van der Waals surface area contributed by atoms with Gasteiger partial charge in [0.25, 0.3) is 0 Å². The minimum atomic E-state index is -0.00536. The van der Waals surface area contributed by atoms with Crippen molar-refractivity contribution in [2.45, 2.75) is 32.6 Å². The number of pyridine rings is 1. The van der Waals surface area contributed by atoms with Crippen LogP contribution < -0.4 is 0 Å². The monoisotopic (exact) mass is 241 g/mol. The number of hydrogen-bond donors (Lipinski definition) is 0. The lowest BCUT2D eigenvalue weighted by Gasteiger charge is -2.13. The third-order valence-corrected chi connectivity index (χ3v) is 3.42. The summed E-state index contributed by atoms with van der Waals surface area (Å²) in [4.78, 5) is 19.8. The topological polar surface area (TPSA) is 47.8 Å². The molecule has 0 unspecified atom stereocenters. The second-order valence-electron chi connectivity index (χ2n) is 4.67. The van der Waals surface area contributed by atoms with Crippen molar-refractivity contribution in [1.29, 1.82) is 0 Å². The van der Waals surface area contributed by atoms with Gasteiger partial charge < -0.3 is 4.57 Å². The number of Topliss-reactive ketones (excluding diaryl/α,β-unsaturated/α-hetero) is 1. The average Bonchev–Trinajstić information content (AvgIpc) is 2.82. The molecule has 1 aliphatic carbocycles. The molecule has 3 rings (SSSR count). The molecule has 0 N–H and O–H groups in total. The van der Waals surface area contributed by atoms with E-state index in [2.05, 4.69) is 14.5 Å². The number of aromatic nitrogens is 3. The SMILES string of the molecule is CC(=O)c1ccc(-n2cnc3c2CCCC3)cn1. The van der Waals surface area contributed by atoms with Gasteiger partial charge in [0, 0.05) is 12.6 Å². The molecule has 0 saturated heterocycles. The zero-order chi connectivity index (χ0) is 12.5. The molecule has 0 amide bonds. The van der Waals surface area contributed by atoms with Gasteiger partial charge in [0.1, 0.15) is 5.69 Å². The van der Waals surface area contributed by atoms with Crippen molar-refractivity contribution in [2.75, 3.05) is 0 Å². The molecule has 0 bridgehead atoms. The Kier molecular flexibility index (Phi) is 2.70. The van der Waals surface area contributed by atoms with Gasteiger partial charge in [0.05, 0.1) is 23.9 Å². The number of carbonyl (C=O) groups excluding carboxylic acids is 1. The smallest absolute Gasteiger partial charge is 0.178 e. The first kappa shape index (κ1) is 11.1. The third kappa shape index (κ3) is 1.83. The molecule has 2 heterocycles. The minimum absolute atomic E-state index is 0.00536. The van der Waals surface area contributed by atoms with Crippen LogP contribution in [0.4, 0.5) is 0 Å². The van der Waals surface area contributed by atoms with Crippen molar-refractivity contribution in [3.05, 3.63) is 41.7 Å². The maximum Gasteiger partial charge on any atom is 0.178 e. The summed E-state index contributed by atoms with van der Waals surface area (Å²) in [5, 5.41) is 0. The summed E-state index contributed by atoms with van der Waals surface area (Å²) in [6, 6.07) is 3.70. The predicted octanol–water partition coefficient (Wildman–Crippen LogP) is 2.35. The number of carbonyl (C=O) groups is 1. The van der Waals surface area contributed by atoms with Gasteiger partial charge in [-0.2, -0.15) is 0 Å². The molecule has 0 aromatic carbocycles. The van der Waals surface area contributed by atoms with Crippen LogP contribution in [0.5, 0.6) is 0 Å².